The highest BCUT2D eigenvalue weighted by Crippen LogP contribution is 2.18. The number of hydrogen-bond donors (Lipinski definition) is 2. The molecule has 0 aliphatic carbocycles. The van der Waals surface area contributed by atoms with Gasteiger partial charge in [0.2, 0.25) is 0 Å². The third-order valence-corrected chi connectivity index (χ3v) is 3.99. The Hall–Kier alpha value is -3.67. The Morgan fingerprint density at radius 1 is 1.04 bits per heavy atom. The summed E-state index contributed by atoms with van der Waals surface area (Å²) in [5.41, 5.74) is 5.68. The lowest BCUT2D eigenvalue weighted by atomic mass is 10.2. The largest absolute Gasteiger partial charge is 0.488 e. The van der Waals surface area contributed by atoms with Crippen molar-refractivity contribution >= 4 is 17.9 Å². The van der Waals surface area contributed by atoms with Gasteiger partial charge < -0.3 is 10.1 Å². The molecule has 3 aromatic carbocycles. The fourth-order valence-electron chi connectivity index (χ4n) is 2.48. The zero-order chi connectivity index (χ0) is 19.8. The SMILES string of the molecule is Cc1ccccc1NC(=O)NN=Cc1ccccc1OCc1ccc(F)cc1. The number of aryl methyl sites for hydroxylation is 1. The maximum Gasteiger partial charge on any atom is 0.339 e. The molecule has 0 spiro atoms. The molecule has 28 heavy (non-hydrogen) atoms. The summed E-state index contributed by atoms with van der Waals surface area (Å²) in [6, 6.07) is 20.5. The Kier molecular flexibility index (Phi) is 6.36. The van der Waals surface area contributed by atoms with Gasteiger partial charge in [0.15, 0.2) is 0 Å². The van der Waals surface area contributed by atoms with Crippen LogP contribution in [0, 0.1) is 12.7 Å². The number of rotatable bonds is 6. The van der Waals surface area contributed by atoms with Gasteiger partial charge in [0.05, 0.1) is 6.21 Å². The van der Waals surface area contributed by atoms with Gasteiger partial charge in [-0.05, 0) is 48.4 Å². The molecule has 0 saturated heterocycles. The van der Waals surface area contributed by atoms with Crippen molar-refractivity contribution in [3.63, 3.8) is 0 Å². The Morgan fingerprint density at radius 2 is 1.75 bits per heavy atom. The first-order valence-electron chi connectivity index (χ1n) is 8.74. The van der Waals surface area contributed by atoms with Crippen molar-refractivity contribution in [2.45, 2.75) is 13.5 Å². The van der Waals surface area contributed by atoms with Crippen molar-refractivity contribution < 1.29 is 13.9 Å². The third-order valence-electron chi connectivity index (χ3n) is 3.99. The van der Waals surface area contributed by atoms with Gasteiger partial charge in [-0.2, -0.15) is 5.10 Å². The van der Waals surface area contributed by atoms with E-state index in [0.29, 0.717) is 17.9 Å². The van der Waals surface area contributed by atoms with E-state index in [1.165, 1.54) is 18.3 Å². The molecule has 3 aromatic rings. The zero-order valence-electron chi connectivity index (χ0n) is 15.4. The fraction of sp³-hybridized carbons (Fsp3) is 0.0909. The van der Waals surface area contributed by atoms with Crippen LogP contribution < -0.4 is 15.5 Å². The molecule has 3 rings (SSSR count). The Morgan fingerprint density at radius 3 is 2.54 bits per heavy atom. The second-order valence-electron chi connectivity index (χ2n) is 6.09. The average Bonchev–Trinajstić information content (AvgIpc) is 2.70. The van der Waals surface area contributed by atoms with E-state index in [1.54, 1.807) is 18.2 Å². The van der Waals surface area contributed by atoms with E-state index in [0.717, 1.165) is 16.8 Å². The minimum atomic E-state index is -0.435. The number of nitrogens with zero attached hydrogens (tertiary/aromatic N) is 1. The zero-order valence-corrected chi connectivity index (χ0v) is 15.4. The maximum absolute atomic E-state index is 13.0. The van der Waals surface area contributed by atoms with Gasteiger partial charge in [-0.25, -0.2) is 14.6 Å². The lowest BCUT2D eigenvalue weighted by Gasteiger charge is -2.09. The van der Waals surface area contributed by atoms with E-state index in [1.807, 2.05) is 49.4 Å². The highest BCUT2D eigenvalue weighted by atomic mass is 19.1. The Balaban J connectivity index is 1.58. The number of carbonyl (C=O) groups excluding carboxylic acids is 1. The normalized spacial score (nSPS) is 10.6. The highest BCUT2D eigenvalue weighted by Gasteiger charge is 2.04. The molecule has 2 N–H and O–H groups in total. The standard InChI is InChI=1S/C22H20FN3O2/c1-16-6-2-4-8-20(16)25-22(27)26-24-14-18-7-3-5-9-21(18)28-15-17-10-12-19(23)13-11-17/h2-14H,15H2,1H3,(H2,25,26,27). The van der Waals surface area contributed by atoms with Crippen molar-refractivity contribution in [1.82, 2.24) is 5.43 Å². The molecule has 0 radical (unpaired) electrons. The van der Waals surface area contributed by atoms with Gasteiger partial charge in [-0.1, -0.05) is 42.5 Å². The number of carbonyl (C=O) groups is 1. The van der Waals surface area contributed by atoms with Crippen LogP contribution in [0.25, 0.3) is 0 Å². The lowest BCUT2D eigenvalue weighted by Crippen LogP contribution is -2.24. The molecule has 0 aromatic heterocycles. The summed E-state index contributed by atoms with van der Waals surface area (Å²) in [5, 5.41) is 6.71. The van der Waals surface area contributed by atoms with Crippen LogP contribution in [-0.2, 0) is 6.61 Å². The predicted octanol–water partition coefficient (Wildman–Crippen LogP) is 4.87. The highest BCUT2D eigenvalue weighted by molar-refractivity contribution is 5.91. The number of hydrogen-bond acceptors (Lipinski definition) is 3. The predicted molar refractivity (Wildman–Crippen MR) is 108 cm³/mol. The summed E-state index contributed by atoms with van der Waals surface area (Å²) in [5.74, 6) is 0.322. The van der Waals surface area contributed by atoms with Crippen molar-refractivity contribution in [1.29, 1.82) is 0 Å². The minimum Gasteiger partial charge on any atom is -0.488 e. The number of benzene rings is 3. The fourth-order valence-corrected chi connectivity index (χ4v) is 2.48. The molecule has 0 aliphatic heterocycles. The number of urea groups is 1. The summed E-state index contributed by atoms with van der Waals surface area (Å²) in [7, 11) is 0. The molecule has 0 atom stereocenters. The van der Waals surface area contributed by atoms with Crippen molar-refractivity contribution in [3.8, 4) is 5.75 Å². The molecule has 5 nitrogen and oxygen atoms in total. The first-order valence-corrected chi connectivity index (χ1v) is 8.74. The number of halogens is 1. The van der Waals surface area contributed by atoms with Gasteiger partial charge in [0, 0.05) is 11.3 Å². The van der Waals surface area contributed by atoms with E-state index in [-0.39, 0.29) is 5.82 Å². The van der Waals surface area contributed by atoms with E-state index in [9.17, 15) is 9.18 Å². The number of hydrazone groups is 1. The molecule has 0 unspecified atom stereocenters. The van der Waals surface area contributed by atoms with Crippen LogP contribution in [0.3, 0.4) is 0 Å². The van der Waals surface area contributed by atoms with Crippen LogP contribution in [0.1, 0.15) is 16.7 Å². The Bertz CT molecular complexity index is 972. The summed E-state index contributed by atoms with van der Waals surface area (Å²) in [4.78, 5) is 12.0. The second kappa shape index (κ2) is 9.32. The second-order valence-corrected chi connectivity index (χ2v) is 6.09. The first-order chi connectivity index (χ1) is 13.6. The van der Waals surface area contributed by atoms with Crippen LogP contribution in [0.15, 0.2) is 77.9 Å². The van der Waals surface area contributed by atoms with Crippen LogP contribution in [0.4, 0.5) is 14.9 Å². The molecule has 0 fully saturated rings. The number of ether oxygens (including phenoxy) is 1. The monoisotopic (exact) mass is 377 g/mol. The molecule has 0 saturated carbocycles. The number of anilines is 1. The molecule has 142 valence electrons. The third kappa shape index (κ3) is 5.41. The van der Waals surface area contributed by atoms with Gasteiger partial charge in [0.25, 0.3) is 0 Å². The molecule has 6 heteroatoms. The van der Waals surface area contributed by atoms with Crippen molar-refractivity contribution in [2.75, 3.05) is 5.32 Å². The van der Waals surface area contributed by atoms with Crippen LogP contribution in [0.2, 0.25) is 0 Å². The molecule has 0 bridgehead atoms. The van der Waals surface area contributed by atoms with Crippen LogP contribution in [0.5, 0.6) is 5.75 Å². The topological polar surface area (TPSA) is 62.7 Å². The summed E-state index contributed by atoms with van der Waals surface area (Å²) < 4.78 is 18.8. The lowest BCUT2D eigenvalue weighted by molar-refractivity contribution is 0.252. The van der Waals surface area contributed by atoms with E-state index >= 15 is 0 Å². The molecule has 0 heterocycles. The quantitative estimate of drug-likeness (QED) is 0.476. The molecular weight excluding hydrogens is 357 g/mol. The van der Waals surface area contributed by atoms with E-state index in [2.05, 4.69) is 15.8 Å². The van der Waals surface area contributed by atoms with Gasteiger partial charge in [0.1, 0.15) is 18.2 Å². The molecule has 2 amide bonds. The smallest absolute Gasteiger partial charge is 0.339 e. The average molecular weight is 377 g/mol. The number of nitrogens with one attached hydrogen (secondary N) is 2. The van der Waals surface area contributed by atoms with Crippen LogP contribution in [-0.4, -0.2) is 12.2 Å². The summed E-state index contributed by atoms with van der Waals surface area (Å²) in [6.45, 7) is 2.21. The maximum atomic E-state index is 13.0. The Labute approximate surface area is 162 Å². The molecule has 0 aliphatic rings. The summed E-state index contributed by atoms with van der Waals surface area (Å²) in [6.07, 6.45) is 1.51. The van der Waals surface area contributed by atoms with Gasteiger partial charge in [-0.15, -0.1) is 0 Å². The minimum absolute atomic E-state index is 0.286. The van der Waals surface area contributed by atoms with Gasteiger partial charge in [-0.3, -0.25) is 0 Å². The molecular formula is C22H20FN3O2. The number of para-hydroxylation sites is 2. The number of amides is 2. The van der Waals surface area contributed by atoms with Gasteiger partial charge >= 0.3 is 6.03 Å². The first kappa shape index (κ1) is 19.1. The summed E-state index contributed by atoms with van der Waals surface area (Å²) >= 11 is 0. The van der Waals surface area contributed by atoms with Crippen molar-refractivity contribution in [2.24, 2.45) is 5.10 Å². The van der Waals surface area contributed by atoms with Crippen LogP contribution >= 0.6 is 0 Å². The van der Waals surface area contributed by atoms with E-state index < -0.39 is 6.03 Å². The van der Waals surface area contributed by atoms with Crippen molar-refractivity contribution in [3.05, 3.63) is 95.3 Å². The van der Waals surface area contributed by atoms with E-state index in [4.69, 9.17) is 4.74 Å².